The summed E-state index contributed by atoms with van der Waals surface area (Å²) < 4.78 is 13.9. The second kappa shape index (κ2) is 14.0. The average molecular weight is 571 g/mol. The summed E-state index contributed by atoms with van der Waals surface area (Å²) >= 11 is 0. The summed E-state index contributed by atoms with van der Waals surface area (Å²) in [5.74, 6) is 2.02. The van der Waals surface area contributed by atoms with Crippen molar-refractivity contribution in [1.82, 2.24) is 24.7 Å². The highest BCUT2D eigenvalue weighted by Gasteiger charge is 2.30. The summed E-state index contributed by atoms with van der Waals surface area (Å²) in [6.07, 6.45) is 7.09. The lowest BCUT2D eigenvalue weighted by Gasteiger charge is -2.27. The lowest BCUT2D eigenvalue weighted by atomic mass is 10.1. The largest absolute Gasteiger partial charge is 0.493 e. The average Bonchev–Trinajstić information content (AvgIpc) is 3.67. The molecule has 3 aromatic rings. The molecule has 1 aromatic heterocycles. The van der Waals surface area contributed by atoms with Gasteiger partial charge in [0.25, 0.3) is 0 Å². The summed E-state index contributed by atoms with van der Waals surface area (Å²) in [6, 6.07) is 15.4. The summed E-state index contributed by atoms with van der Waals surface area (Å²) in [6.45, 7) is 4.53. The van der Waals surface area contributed by atoms with Gasteiger partial charge in [-0.25, -0.2) is 4.98 Å². The van der Waals surface area contributed by atoms with Crippen molar-refractivity contribution in [3.8, 4) is 29.0 Å². The van der Waals surface area contributed by atoms with Crippen molar-refractivity contribution >= 4 is 11.8 Å². The van der Waals surface area contributed by atoms with Gasteiger partial charge in [-0.1, -0.05) is 18.2 Å². The van der Waals surface area contributed by atoms with Crippen LogP contribution in [0.3, 0.4) is 0 Å². The Bertz CT molecular complexity index is 1430. The zero-order chi connectivity index (χ0) is 29.3. The van der Waals surface area contributed by atoms with Crippen molar-refractivity contribution < 1.29 is 19.1 Å². The van der Waals surface area contributed by atoms with Crippen LogP contribution in [0.4, 0.5) is 0 Å². The molecule has 1 fully saturated rings. The Hall–Kier alpha value is -4.36. The van der Waals surface area contributed by atoms with E-state index in [1.807, 2.05) is 59.8 Å². The van der Waals surface area contributed by atoms with E-state index >= 15 is 0 Å². The first kappa shape index (κ1) is 29.1. The van der Waals surface area contributed by atoms with Gasteiger partial charge >= 0.3 is 0 Å². The minimum atomic E-state index is -0.453. The number of carbonyl (C=O) groups is 2. The lowest BCUT2D eigenvalue weighted by Crippen LogP contribution is -2.45. The van der Waals surface area contributed by atoms with Crippen LogP contribution in [-0.4, -0.2) is 77.1 Å². The predicted molar refractivity (Wildman–Crippen MR) is 158 cm³/mol. The molecule has 220 valence electrons. The monoisotopic (exact) mass is 570 g/mol. The Morgan fingerprint density at radius 3 is 2.76 bits per heavy atom. The molecule has 1 saturated heterocycles. The van der Waals surface area contributed by atoms with E-state index in [0.29, 0.717) is 62.6 Å². The van der Waals surface area contributed by atoms with E-state index in [-0.39, 0.29) is 11.8 Å². The van der Waals surface area contributed by atoms with Crippen LogP contribution in [0.25, 0.3) is 11.4 Å². The second-order valence-electron chi connectivity index (χ2n) is 10.7. The van der Waals surface area contributed by atoms with Gasteiger partial charge in [0.1, 0.15) is 11.9 Å². The molecule has 3 heterocycles. The molecule has 1 unspecified atom stereocenters. The van der Waals surface area contributed by atoms with Gasteiger partial charge < -0.3 is 24.3 Å². The fraction of sp³-hybridized carbons (Fsp3) is 0.438. The summed E-state index contributed by atoms with van der Waals surface area (Å²) in [5, 5.41) is 12.5. The number of rotatable bonds is 4. The van der Waals surface area contributed by atoms with Gasteiger partial charge in [-0.05, 0) is 62.1 Å². The number of nitrogens with one attached hydrogen (secondary N) is 1. The zero-order valence-electron chi connectivity index (χ0n) is 24.1. The Balaban J connectivity index is 1.39. The summed E-state index contributed by atoms with van der Waals surface area (Å²) in [5.41, 5.74) is 2.61. The van der Waals surface area contributed by atoms with Gasteiger partial charge in [-0.15, -0.1) is 0 Å². The molecule has 10 nitrogen and oxygen atoms in total. The first-order chi connectivity index (χ1) is 20.6. The number of nitriles is 1. The smallest absolute Gasteiger partial charge is 0.245 e. The highest BCUT2D eigenvalue weighted by Crippen LogP contribution is 2.32. The minimum Gasteiger partial charge on any atom is -0.493 e. The number of methoxy groups -OCH3 is 1. The highest BCUT2D eigenvalue weighted by atomic mass is 16.5. The number of nitrogens with zero attached hydrogens (tertiary/aromatic N) is 5. The predicted octanol–water partition coefficient (Wildman–Crippen LogP) is 3.60. The van der Waals surface area contributed by atoms with Gasteiger partial charge in [-0.3, -0.25) is 14.5 Å². The molecular formula is C32H38N6O4. The van der Waals surface area contributed by atoms with Crippen LogP contribution in [0.1, 0.15) is 43.2 Å². The molecule has 2 amide bonds. The molecule has 0 saturated carbocycles. The zero-order valence-corrected chi connectivity index (χ0v) is 24.1. The van der Waals surface area contributed by atoms with Crippen LogP contribution in [0.2, 0.25) is 0 Å². The van der Waals surface area contributed by atoms with Crippen LogP contribution in [0.5, 0.6) is 11.5 Å². The van der Waals surface area contributed by atoms with Crippen LogP contribution in [0, 0.1) is 11.3 Å². The molecular weight excluding hydrogens is 532 g/mol. The van der Waals surface area contributed by atoms with Gasteiger partial charge in [0.2, 0.25) is 11.8 Å². The van der Waals surface area contributed by atoms with Crippen molar-refractivity contribution in [2.75, 3.05) is 39.9 Å². The van der Waals surface area contributed by atoms with Crippen LogP contribution < -0.4 is 14.8 Å². The van der Waals surface area contributed by atoms with Crippen molar-refractivity contribution in [3.63, 3.8) is 0 Å². The molecule has 10 heteroatoms. The number of fused-ring (bicyclic) bond motifs is 4. The standard InChI is InChI=1S/C32H38N6O4/c1-41-28-11-9-24-21-29(28)42-20-6-16-38(32(40)27-10-12-30(39)35-27)15-5-4-14-36(18-19-37-17-13-34-31(24)37)23-26-8-3-2-7-25(26)22-33/h2-3,7-9,11,13,17,21,27H,4-6,10,12,14-16,18-20,23H2,1H3,(H,35,39). The normalized spacial score (nSPS) is 18.7. The first-order valence-corrected chi connectivity index (χ1v) is 14.7. The summed E-state index contributed by atoms with van der Waals surface area (Å²) in [4.78, 5) is 34.0. The Morgan fingerprint density at radius 1 is 1.12 bits per heavy atom. The van der Waals surface area contributed by atoms with Gasteiger partial charge in [0.05, 0.1) is 25.3 Å². The topological polar surface area (TPSA) is 113 Å². The molecule has 2 aliphatic rings. The fourth-order valence-corrected chi connectivity index (χ4v) is 5.63. The molecule has 5 rings (SSSR count). The fourth-order valence-electron chi connectivity index (χ4n) is 5.63. The number of hydrogen-bond donors (Lipinski definition) is 1. The molecule has 2 aromatic carbocycles. The van der Waals surface area contributed by atoms with Gasteiger partial charge in [-0.2, -0.15) is 5.26 Å². The Labute approximate surface area is 246 Å². The van der Waals surface area contributed by atoms with Crippen LogP contribution in [-0.2, 0) is 22.7 Å². The number of carbonyl (C=O) groups excluding carboxylic acids is 2. The quantitative estimate of drug-likeness (QED) is 0.510. The van der Waals surface area contributed by atoms with Gasteiger partial charge in [0.15, 0.2) is 11.5 Å². The molecule has 1 atom stereocenters. The van der Waals surface area contributed by atoms with Crippen molar-refractivity contribution in [2.24, 2.45) is 0 Å². The molecule has 42 heavy (non-hydrogen) atoms. The first-order valence-electron chi connectivity index (χ1n) is 14.7. The molecule has 0 spiro atoms. The van der Waals surface area contributed by atoms with E-state index in [1.54, 1.807) is 7.11 Å². The maximum Gasteiger partial charge on any atom is 0.245 e. The van der Waals surface area contributed by atoms with E-state index in [1.165, 1.54) is 0 Å². The third kappa shape index (κ3) is 7.09. The minimum absolute atomic E-state index is 0.0245. The maximum atomic E-state index is 13.3. The van der Waals surface area contributed by atoms with Crippen molar-refractivity contribution in [3.05, 3.63) is 66.0 Å². The second-order valence-corrected chi connectivity index (χ2v) is 10.7. The maximum absolute atomic E-state index is 13.3. The van der Waals surface area contributed by atoms with Crippen molar-refractivity contribution in [1.29, 1.82) is 5.26 Å². The highest BCUT2D eigenvalue weighted by molar-refractivity contribution is 5.90. The summed E-state index contributed by atoms with van der Waals surface area (Å²) in [7, 11) is 1.62. The van der Waals surface area contributed by atoms with E-state index in [0.717, 1.165) is 49.4 Å². The molecule has 2 aliphatic heterocycles. The van der Waals surface area contributed by atoms with E-state index < -0.39 is 6.04 Å². The number of ether oxygens (including phenoxy) is 2. The van der Waals surface area contributed by atoms with Crippen LogP contribution >= 0.6 is 0 Å². The Kier molecular flexibility index (Phi) is 9.72. The van der Waals surface area contributed by atoms with E-state index in [4.69, 9.17) is 9.47 Å². The molecule has 1 N–H and O–H groups in total. The Morgan fingerprint density at radius 2 is 1.95 bits per heavy atom. The molecule has 0 radical (unpaired) electrons. The SMILES string of the molecule is COc1ccc2cc1OCCCN(C(=O)C1CCC(=O)N1)CCCCN(Cc1ccccc1C#N)CCn1ccnc1-2. The molecule has 2 bridgehead atoms. The van der Waals surface area contributed by atoms with E-state index in [2.05, 4.69) is 25.8 Å². The number of imidazole rings is 1. The van der Waals surface area contributed by atoms with Crippen molar-refractivity contribution in [2.45, 2.75) is 51.2 Å². The number of aromatic nitrogens is 2. The third-order valence-corrected chi connectivity index (χ3v) is 7.91. The van der Waals surface area contributed by atoms with Crippen LogP contribution in [0.15, 0.2) is 54.9 Å². The van der Waals surface area contributed by atoms with E-state index in [9.17, 15) is 14.9 Å². The number of amides is 2. The van der Waals surface area contributed by atoms with Gasteiger partial charge in [0, 0.05) is 57.1 Å². The lowest BCUT2D eigenvalue weighted by molar-refractivity contribution is -0.134. The molecule has 0 aliphatic carbocycles. The number of benzene rings is 2. The third-order valence-electron chi connectivity index (χ3n) is 7.91. The number of hydrogen-bond acceptors (Lipinski definition) is 7.